The Morgan fingerprint density at radius 2 is 0.821 bits per heavy atom. The molecule has 56 heavy (non-hydrogen) atoms. The molecule has 0 aliphatic carbocycles. The van der Waals surface area contributed by atoms with Crippen LogP contribution < -0.4 is 0 Å². The fourth-order valence-corrected chi connectivity index (χ4v) is 8.12. The summed E-state index contributed by atoms with van der Waals surface area (Å²) < 4.78 is 23.2. The molecule has 4 aromatic rings. The van der Waals surface area contributed by atoms with Gasteiger partial charge in [-0.1, -0.05) is 86.6 Å². The van der Waals surface area contributed by atoms with Crippen LogP contribution in [0.3, 0.4) is 0 Å². The molecule has 0 unspecified atom stereocenters. The first-order valence-electron chi connectivity index (χ1n) is 19.3. The lowest BCUT2D eigenvalue weighted by atomic mass is 9.86. The number of aliphatic hydroxyl groups is 8. The summed E-state index contributed by atoms with van der Waals surface area (Å²) in [5.74, 6) is -3.19. The van der Waals surface area contributed by atoms with Gasteiger partial charge in [-0.3, -0.25) is 0 Å². The van der Waals surface area contributed by atoms with Gasteiger partial charge in [-0.25, -0.2) is 0 Å². The smallest absolute Gasteiger partial charge is 0.225 e. The summed E-state index contributed by atoms with van der Waals surface area (Å²) in [7, 11) is 0. The van der Waals surface area contributed by atoms with E-state index in [2.05, 4.69) is 62.4 Å². The first-order valence-corrected chi connectivity index (χ1v) is 19.3. The van der Waals surface area contributed by atoms with Gasteiger partial charge in [0.2, 0.25) is 11.6 Å². The van der Waals surface area contributed by atoms with Crippen LogP contribution in [0.1, 0.15) is 69.5 Å². The monoisotopic (exact) mass is 772 g/mol. The molecule has 8 N–H and O–H groups in total. The Morgan fingerprint density at radius 1 is 0.482 bits per heavy atom. The van der Waals surface area contributed by atoms with Crippen molar-refractivity contribution in [3.05, 3.63) is 141 Å². The van der Waals surface area contributed by atoms with Crippen LogP contribution in [0, 0.1) is 0 Å². The van der Waals surface area contributed by atoms with Crippen molar-refractivity contribution in [3.63, 3.8) is 0 Å². The number of rotatable bonds is 8. The second-order valence-electron chi connectivity index (χ2n) is 15.1. The van der Waals surface area contributed by atoms with Crippen LogP contribution >= 0.6 is 0 Å². The minimum absolute atomic E-state index is 0.221. The van der Waals surface area contributed by atoms with E-state index in [-0.39, 0.29) is 13.2 Å². The third-order valence-electron chi connectivity index (χ3n) is 11.6. The average molecular weight is 773 g/mol. The molecule has 12 nitrogen and oxygen atoms in total. The molecule has 4 aliphatic heterocycles. The summed E-state index contributed by atoms with van der Waals surface area (Å²) in [4.78, 5) is 0. The molecule has 0 bridgehead atoms. The highest BCUT2D eigenvalue weighted by Crippen LogP contribution is 2.47. The maximum Gasteiger partial charge on any atom is 0.225 e. The molecule has 0 radical (unpaired) electrons. The van der Waals surface area contributed by atoms with Gasteiger partial charge in [0.15, 0.2) is 0 Å². The van der Waals surface area contributed by atoms with E-state index in [0.717, 1.165) is 35.1 Å². The zero-order valence-electron chi connectivity index (χ0n) is 31.6. The minimum atomic E-state index is -1.59. The third kappa shape index (κ3) is 7.46. The quantitative estimate of drug-likeness (QED) is 0.130. The van der Waals surface area contributed by atoms with E-state index >= 15 is 0 Å². The molecule has 2 fully saturated rings. The molecule has 12 heteroatoms. The van der Waals surface area contributed by atoms with Crippen LogP contribution in [-0.2, 0) is 69.4 Å². The van der Waals surface area contributed by atoms with Crippen LogP contribution in [0.2, 0.25) is 0 Å². The molecule has 4 aromatic carbocycles. The van der Waals surface area contributed by atoms with Gasteiger partial charge in [0, 0.05) is 11.1 Å². The van der Waals surface area contributed by atoms with E-state index < -0.39 is 73.6 Å². The van der Waals surface area contributed by atoms with E-state index in [4.69, 9.17) is 18.9 Å². The highest BCUT2D eigenvalue weighted by Gasteiger charge is 2.59. The minimum Gasteiger partial charge on any atom is -0.394 e. The van der Waals surface area contributed by atoms with Crippen molar-refractivity contribution in [1.82, 2.24) is 0 Å². The molecular weight excluding hydrogens is 720 g/mol. The summed E-state index contributed by atoms with van der Waals surface area (Å²) in [6.45, 7) is 3.70. The molecule has 4 heterocycles. The Bertz CT molecular complexity index is 1810. The first kappa shape index (κ1) is 40.6. The molecule has 10 atom stereocenters. The predicted molar refractivity (Wildman–Crippen MR) is 203 cm³/mol. The number of hydrogen-bond acceptors (Lipinski definition) is 12. The summed E-state index contributed by atoms with van der Waals surface area (Å²) in [6.07, 6.45) is -7.37. The van der Waals surface area contributed by atoms with Gasteiger partial charge in [-0.05, 0) is 82.3 Å². The summed E-state index contributed by atoms with van der Waals surface area (Å²) >= 11 is 0. The lowest BCUT2D eigenvalue weighted by Gasteiger charge is -2.46. The normalized spacial score (nSPS) is 31.9. The molecule has 8 rings (SSSR count). The van der Waals surface area contributed by atoms with Gasteiger partial charge in [-0.15, -0.1) is 0 Å². The Balaban J connectivity index is 0.000000172. The van der Waals surface area contributed by atoms with Gasteiger partial charge in [0.1, 0.15) is 48.8 Å². The zero-order valence-corrected chi connectivity index (χ0v) is 31.6. The second-order valence-corrected chi connectivity index (χ2v) is 15.1. The summed E-state index contributed by atoms with van der Waals surface area (Å²) in [6, 6.07) is 28.6. The second kappa shape index (κ2) is 16.7. The largest absolute Gasteiger partial charge is 0.394 e. The van der Waals surface area contributed by atoms with Crippen molar-refractivity contribution in [2.45, 2.75) is 113 Å². The van der Waals surface area contributed by atoms with E-state index in [9.17, 15) is 40.9 Å². The van der Waals surface area contributed by atoms with Crippen molar-refractivity contribution >= 4 is 0 Å². The average Bonchev–Trinajstić information content (AvgIpc) is 3.78. The predicted octanol–water partition coefficient (Wildman–Crippen LogP) is 1.99. The Hall–Kier alpha value is -3.60. The first-order chi connectivity index (χ1) is 27.0. The fraction of sp³-hybridized carbons (Fsp3) is 0.455. The van der Waals surface area contributed by atoms with Gasteiger partial charge in [-0.2, -0.15) is 0 Å². The van der Waals surface area contributed by atoms with Gasteiger partial charge in [0.05, 0.1) is 26.4 Å². The van der Waals surface area contributed by atoms with Crippen LogP contribution in [0.5, 0.6) is 0 Å². The number of aryl methyl sites for hydroxylation is 2. The molecular formula is C44H52O12. The van der Waals surface area contributed by atoms with Crippen LogP contribution in [0.15, 0.2) is 84.9 Å². The van der Waals surface area contributed by atoms with Crippen LogP contribution in [0.25, 0.3) is 0 Å². The van der Waals surface area contributed by atoms with E-state index in [1.165, 1.54) is 22.3 Å². The lowest BCUT2D eigenvalue weighted by Crippen LogP contribution is -2.63. The highest BCUT2D eigenvalue weighted by atomic mass is 16.7. The van der Waals surface area contributed by atoms with Gasteiger partial charge < -0.3 is 59.8 Å². The number of benzene rings is 4. The van der Waals surface area contributed by atoms with Gasteiger partial charge >= 0.3 is 0 Å². The maximum atomic E-state index is 10.7. The van der Waals surface area contributed by atoms with Crippen LogP contribution in [0.4, 0.5) is 0 Å². The Labute approximate surface area is 326 Å². The Morgan fingerprint density at radius 3 is 1.16 bits per heavy atom. The molecule has 0 amide bonds. The molecule has 0 aromatic heterocycles. The molecule has 2 spiro atoms. The van der Waals surface area contributed by atoms with Crippen molar-refractivity contribution in [3.8, 4) is 0 Å². The third-order valence-corrected chi connectivity index (χ3v) is 11.6. The topological polar surface area (TPSA) is 199 Å². The lowest BCUT2D eigenvalue weighted by molar-refractivity contribution is -0.368. The fourth-order valence-electron chi connectivity index (χ4n) is 8.12. The SMILES string of the molecule is CCc1ccc(Cc2ccc3c(c2)[C@]2(OC3)O[C@H](CO)[C@@H](O)[C@H](O)[C@H]2O)cc1.CCc1ccc(Cc2ccc3c(c2)[C@]2(OC3)O[C@H](CO)[C@@H](O)[C@H](O)[C@H]2O)cc1. The van der Waals surface area contributed by atoms with Crippen molar-refractivity contribution in [2.75, 3.05) is 13.2 Å². The summed E-state index contributed by atoms with van der Waals surface area (Å²) in [5.41, 5.74) is 9.90. The van der Waals surface area contributed by atoms with Crippen LogP contribution in [-0.4, -0.2) is 103 Å². The Kier molecular flexibility index (Phi) is 12.1. The van der Waals surface area contributed by atoms with Gasteiger partial charge in [0.25, 0.3) is 0 Å². The molecule has 4 aliphatic rings. The van der Waals surface area contributed by atoms with Crippen molar-refractivity contribution < 1.29 is 59.8 Å². The number of ether oxygens (including phenoxy) is 4. The summed E-state index contributed by atoms with van der Waals surface area (Å²) in [5, 5.41) is 81.0. The van der Waals surface area contributed by atoms with Crippen molar-refractivity contribution in [1.29, 1.82) is 0 Å². The number of hydrogen-bond donors (Lipinski definition) is 8. The van der Waals surface area contributed by atoms with E-state index in [0.29, 0.717) is 24.0 Å². The maximum absolute atomic E-state index is 10.7. The van der Waals surface area contributed by atoms with Crippen molar-refractivity contribution in [2.24, 2.45) is 0 Å². The molecule has 0 saturated carbocycles. The van der Waals surface area contributed by atoms with E-state index in [1.807, 2.05) is 36.4 Å². The zero-order chi connectivity index (χ0) is 39.8. The molecule has 300 valence electrons. The highest BCUT2D eigenvalue weighted by molar-refractivity contribution is 5.42. The number of fused-ring (bicyclic) bond motifs is 4. The molecule has 2 saturated heterocycles. The number of aliphatic hydroxyl groups excluding tert-OH is 8. The van der Waals surface area contributed by atoms with E-state index in [1.54, 1.807) is 0 Å². The standard InChI is InChI=1S/2C22H26O6/c2*1-2-13-3-5-14(6-4-13)9-15-7-8-16-12-27-22(17(16)10-15)21(26)20(25)19(24)18(11-23)28-22/h2*3-8,10,18-21,23-26H,2,9,11-12H2,1H3/t2*18-,19-,20+,21-,22+/m11/s1.